The largest absolute Gasteiger partial charge is 0.545 e. The lowest BCUT2D eigenvalue weighted by molar-refractivity contribution is -0.255. The number of allylic oxidation sites excluding steroid dienone is 2. The molecule has 1 spiro atoms. The fourth-order valence-electron chi connectivity index (χ4n) is 5.10. The van der Waals surface area contributed by atoms with Crippen LogP contribution in [0.2, 0.25) is 0 Å². The van der Waals surface area contributed by atoms with E-state index in [9.17, 15) is 19.5 Å². The Kier molecular flexibility index (Phi) is 2.22. The van der Waals surface area contributed by atoms with Gasteiger partial charge in [0.05, 0.1) is 23.5 Å². The number of fused-ring (bicyclic) bond motifs is 3. The number of carbonyl (C=O) groups excluding carboxylic acids is 3. The van der Waals surface area contributed by atoms with Crippen LogP contribution in [0.15, 0.2) is 36.4 Å². The molecule has 1 aromatic rings. The first-order chi connectivity index (χ1) is 11.0. The second-order valence-corrected chi connectivity index (χ2v) is 7.07. The molecule has 1 heterocycles. The van der Waals surface area contributed by atoms with Gasteiger partial charge in [-0.2, -0.15) is 0 Å². The Hall–Kier alpha value is -2.43. The average Bonchev–Trinajstić information content (AvgIpc) is 3.13. The van der Waals surface area contributed by atoms with E-state index in [4.69, 9.17) is 0 Å². The molecule has 5 rings (SSSR count). The molecule has 5 nitrogen and oxygen atoms in total. The Morgan fingerprint density at radius 2 is 1.70 bits per heavy atom. The van der Waals surface area contributed by atoms with Gasteiger partial charge in [-0.05, 0) is 47.8 Å². The number of aromatic carboxylic acids is 1. The highest BCUT2D eigenvalue weighted by atomic mass is 16.4. The third-order valence-electron chi connectivity index (χ3n) is 6.19. The zero-order valence-corrected chi connectivity index (χ0v) is 12.3. The number of carboxylic acid groups (broad SMARTS) is 1. The summed E-state index contributed by atoms with van der Waals surface area (Å²) in [6, 6.07) is 5.87. The molecule has 2 bridgehead atoms. The van der Waals surface area contributed by atoms with E-state index in [0.29, 0.717) is 5.69 Å². The fraction of sp³-hybridized carbons (Fsp3) is 0.389. The molecule has 23 heavy (non-hydrogen) atoms. The molecular formula is C18H14NO4-. The highest BCUT2D eigenvalue weighted by molar-refractivity contribution is 6.23. The zero-order valence-electron chi connectivity index (χ0n) is 12.3. The third kappa shape index (κ3) is 1.41. The Morgan fingerprint density at radius 3 is 2.22 bits per heavy atom. The van der Waals surface area contributed by atoms with Gasteiger partial charge in [0.1, 0.15) is 0 Å². The van der Waals surface area contributed by atoms with E-state index < -0.39 is 5.97 Å². The van der Waals surface area contributed by atoms with Crippen LogP contribution in [0.4, 0.5) is 5.69 Å². The summed E-state index contributed by atoms with van der Waals surface area (Å²) >= 11 is 0. The Balaban J connectivity index is 1.56. The van der Waals surface area contributed by atoms with Gasteiger partial charge in [0.2, 0.25) is 11.8 Å². The molecule has 2 amide bonds. The monoisotopic (exact) mass is 308 g/mol. The van der Waals surface area contributed by atoms with Crippen molar-refractivity contribution in [1.82, 2.24) is 0 Å². The number of imide groups is 1. The van der Waals surface area contributed by atoms with E-state index in [2.05, 4.69) is 12.2 Å². The highest BCUT2D eigenvalue weighted by Gasteiger charge is 2.73. The smallest absolute Gasteiger partial charge is 0.238 e. The van der Waals surface area contributed by atoms with Gasteiger partial charge in [-0.3, -0.25) is 9.59 Å². The number of nitrogens with zero attached hydrogens (tertiary/aromatic N) is 1. The molecule has 5 heteroatoms. The summed E-state index contributed by atoms with van der Waals surface area (Å²) in [6.07, 6.45) is 6.43. The molecule has 0 N–H and O–H groups in total. The molecular weight excluding hydrogens is 294 g/mol. The van der Waals surface area contributed by atoms with Crippen molar-refractivity contribution in [2.75, 3.05) is 4.90 Å². The molecule has 2 saturated carbocycles. The number of carbonyl (C=O) groups is 3. The Morgan fingerprint density at radius 1 is 1.09 bits per heavy atom. The van der Waals surface area contributed by atoms with Gasteiger partial charge >= 0.3 is 0 Å². The van der Waals surface area contributed by atoms with Crippen molar-refractivity contribution < 1.29 is 19.5 Å². The van der Waals surface area contributed by atoms with Gasteiger partial charge in [0.15, 0.2) is 0 Å². The summed E-state index contributed by atoms with van der Waals surface area (Å²) in [7, 11) is 0. The number of amides is 2. The van der Waals surface area contributed by atoms with Gasteiger partial charge in [-0.1, -0.05) is 24.3 Å². The molecule has 0 unspecified atom stereocenters. The van der Waals surface area contributed by atoms with Crippen molar-refractivity contribution in [3.63, 3.8) is 0 Å². The van der Waals surface area contributed by atoms with Crippen LogP contribution < -0.4 is 10.0 Å². The standard InChI is InChI=1S/C18H15NO4/c20-15-13-11-4-5-12(18(11)6-7-18)14(13)16(21)19(15)10-3-1-2-9(8-10)17(22)23/h1-5,8,11-14H,6-7H2,(H,22,23)/p-1/t11-,12+,13-,14-/m0/s1. The maximum absolute atomic E-state index is 12.9. The summed E-state index contributed by atoms with van der Waals surface area (Å²) < 4.78 is 0. The van der Waals surface area contributed by atoms with E-state index in [1.807, 2.05) is 0 Å². The van der Waals surface area contributed by atoms with Gasteiger partial charge < -0.3 is 9.90 Å². The van der Waals surface area contributed by atoms with Crippen molar-refractivity contribution in [1.29, 1.82) is 0 Å². The van der Waals surface area contributed by atoms with Crippen molar-refractivity contribution >= 4 is 23.5 Å². The van der Waals surface area contributed by atoms with Crippen molar-refractivity contribution in [3.05, 3.63) is 42.0 Å². The normalized spacial score (nSPS) is 35.2. The van der Waals surface area contributed by atoms with Gasteiger partial charge in [0, 0.05) is 0 Å². The molecule has 3 aliphatic carbocycles. The zero-order chi connectivity index (χ0) is 15.9. The van der Waals surface area contributed by atoms with Crippen LogP contribution >= 0.6 is 0 Å². The predicted octanol–water partition coefficient (Wildman–Crippen LogP) is 0.752. The predicted molar refractivity (Wildman–Crippen MR) is 78.0 cm³/mol. The molecule has 1 saturated heterocycles. The van der Waals surface area contributed by atoms with Crippen LogP contribution in [0, 0.1) is 29.1 Å². The lowest BCUT2D eigenvalue weighted by Gasteiger charge is -2.22. The molecule has 4 atom stereocenters. The number of rotatable bonds is 2. The first kappa shape index (κ1) is 13.0. The minimum atomic E-state index is -1.31. The van der Waals surface area contributed by atoms with Crippen molar-refractivity contribution in [2.45, 2.75) is 12.8 Å². The summed E-state index contributed by atoms with van der Waals surface area (Å²) in [4.78, 5) is 38.0. The third-order valence-corrected chi connectivity index (χ3v) is 6.19. The van der Waals surface area contributed by atoms with E-state index in [0.717, 1.165) is 12.8 Å². The fourth-order valence-corrected chi connectivity index (χ4v) is 5.10. The van der Waals surface area contributed by atoms with E-state index in [-0.39, 0.29) is 46.5 Å². The summed E-state index contributed by atoms with van der Waals surface area (Å²) in [5.74, 6) is -1.88. The SMILES string of the molecule is O=C([O-])c1cccc(N2C(=O)[C@@H]3[C@@H](C2=O)[C@@H]2C=C[C@H]3C23CC3)c1. The van der Waals surface area contributed by atoms with Crippen LogP contribution in [0.25, 0.3) is 0 Å². The number of hydrogen-bond donors (Lipinski definition) is 0. The first-order valence-electron chi connectivity index (χ1n) is 7.92. The van der Waals surface area contributed by atoms with E-state index in [1.54, 1.807) is 6.07 Å². The topological polar surface area (TPSA) is 77.5 Å². The van der Waals surface area contributed by atoms with Crippen LogP contribution in [-0.2, 0) is 9.59 Å². The van der Waals surface area contributed by atoms with E-state index in [1.165, 1.54) is 23.1 Å². The number of hydrogen-bond acceptors (Lipinski definition) is 4. The van der Waals surface area contributed by atoms with E-state index >= 15 is 0 Å². The lowest BCUT2D eigenvalue weighted by Crippen LogP contribution is -2.35. The second kappa shape index (κ2) is 3.91. The minimum absolute atomic E-state index is 0.0279. The molecule has 116 valence electrons. The van der Waals surface area contributed by atoms with Gasteiger partial charge in [-0.25, -0.2) is 4.90 Å². The molecule has 0 radical (unpaired) electrons. The van der Waals surface area contributed by atoms with Crippen LogP contribution in [-0.4, -0.2) is 17.8 Å². The Labute approximate surface area is 132 Å². The molecule has 1 aromatic carbocycles. The average molecular weight is 308 g/mol. The summed E-state index contributed by atoms with van der Waals surface area (Å²) in [6.45, 7) is 0. The second-order valence-electron chi connectivity index (χ2n) is 7.07. The quantitative estimate of drug-likeness (QED) is 0.597. The van der Waals surface area contributed by atoms with Gasteiger partial charge in [0.25, 0.3) is 0 Å². The minimum Gasteiger partial charge on any atom is -0.545 e. The molecule has 0 aromatic heterocycles. The van der Waals surface area contributed by atoms with Crippen LogP contribution in [0.1, 0.15) is 23.2 Å². The highest BCUT2D eigenvalue weighted by Crippen LogP contribution is 2.73. The number of anilines is 1. The van der Waals surface area contributed by atoms with Crippen molar-refractivity contribution in [3.8, 4) is 0 Å². The molecule has 3 fully saturated rings. The van der Waals surface area contributed by atoms with Crippen LogP contribution in [0.3, 0.4) is 0 Å². The number of carboxylic acids is 1. The maximum atomic E-state index is 12.9. The van der Waals surface area contributed by atoms with Gasteiger partial charge in [-0.15, -0.1) is 0 Å². The van der Waals surface area contributed by atoms with Crippen molar-refractivity contribution in [2.24, 2.45) is 29.1 Å². The summed E-state index contributed by atoms with van der Waals surface area (Å²) in [5, 5.41) is 11.0. The lowest BCUT2D eigenvalue weighted by atomic mass is 9.85. The molecule has 4 aliphatic rings. The maximum Gasteiger partial charge on any atom is 0.238 e. The molecule has 1 aliphatic heterocycles. The Bertz CT molecular complexity index is 773. The van der Waals surface area contributed by atoms with Crippen LogP contribution in [0.5, 0.6) is 0 Å². The number of benzene rings is 1. The first-order valence-corrected chi connectivity index (χ1v) is 7.92. The summed E-state index contributed by atoms with van der Waals surface area (Å²) in [5.41, 5.74) is 0.472.